The minimum atomic E-state index is -0.546. The van der Waals surface area contributed by atoms with Gasteiger partial charge in [-0.2, -0.15) is 0 Å². The number of nitrogens with zero attached hydrogens (tertiary/aromatic N) is 3. The maximum absolute atomic E-state index is 14.3. The summed E-state index contributed by atoms with van der Waals surface area (Å²) in [6.07, 6.45) is 5.16. The average molecular weight is 403 g/mol. The van der Waals surface area contributed by atoms with Crippen molar-refractivity contribution >= 4 is 5.91 Å². The van der Waals surface area contributed by atoms with Gasteiger partial charge in [-0.05, 0) is 42.3 Å². The van der Waals surface area contributed by atoms with Crippen LogP contribution in [0.4, 0.5) is 4.39 Å². The molecule has 0 aliphatic rings. The van der Waals surface area contributed by atoms with E-state index in [0.29, 0.717) is 12.3 Å². The topological polar surface area (TPSA) is 51.3 Å². The van der Waals surface area contributed by atoms with Gasteiger partial charge in [0.1, 0.15) is 17.4 Å². The average Bonchev–Trinajstić information content (AvgIpc) is 3.41. The predicted molar refractivity (Wildman–Crippen MR) is 111 cm³/mol. The van der Waals surface area contributed by atoms with Crippen molar-refractivity contribution in [3.05, 3.63) is 113 Å². The molecule has 0 atom stereocenters. The number of imidazole rings is 1. The Hall–Kier alpha value is -3.67. The minimum absolute atomic E-state index is 0.0288. The normalized spacial score (nSPS) is 10.9. The van der Waals surface area contributed by atoms with Crippen LogP contribution in [0.5, 0.6) is 0 Å². The number of hydrogen-bond donors (Lipinski definition) is 0. The molecule has 2 aromatic carbocycles. The minimum Gasteiger partial charge on any atom is -0.467 e. The number of aryl methyl sites for hydroxylation is 1. The van der Waals surface area contributed by atoms with Gasteiger partial charge in [-0.3, -0.25) is 4.79 Å². The Balaban J connectivity index is 1.61. The maximum atomic E-state index is 14.3. The van der Waals surface area contributed by atoms with E-state index in [9.17, 15) is 9.18 Å². The van der Waals surface area contributed by atoms with Gasteiger partial charge >= 0.3 is 0 Å². The lowest BCUT2D eigenvalue weighted by Crippen LogP contribution is -2.32. The van der Waals surface area contributed by atoms with E-state index < -0.39 is 11.7 Å². The number of aromatic nitrogens is 2. The van der Waals surface area contributed by atoms with Crippen molar-refractivity contribution in [2.24, 2.45) is 0 Å². The van der Waals surface area contributed by atoms with Crippen molar-refractivity contribution < 1.29 is 13.6 Å². The summed E-state index contributed by atoms with van der Waals surface area (Å²) in [5, 5.41) is 0. The number of benzene rings is 2. The van der Waals surface area contributed by atoms with E-state index in [1.165, 1.54) is 23.3 Å². The molecule has 2 heterocycles. The van der Waals surface area contributed by atoms with Gasteiger partial charge in [0.25, 0.3) is 5.91 Å². The molecule has 6 heteroatoms. The molecule has 0 saturated carbocycles. The first-order valence-corrected chi connectivity index (χ1v) is 9.72. The fraction of sp³-hybridized carbons (Fsp3) is 0.167. The van der Waals surface area contributed by atoms with Crippen LogP contribution in [0.25, 0.3) is 0 Å². The van der Waals surface area contributed by atoms with Gasteiger partial charge in [-0.1, -0.05) is 36.4 Å². The maximum Gasteiger partial charge on any atom is 0.257 e. The lowest BCUT2D eigenvalue weighted by molar-refractivity contribution is 0.0706. The molecule has 0 unspecified atom stereocenters. The largest absolute Gasteiger partial charge is 0.467 e. The van der Waals surface area contributed by atoms with Crippen LogP contribution in [-0.4, -0.2) is 20.4 Å². The molecule has 0 bridgehead atoms. The van der Waals surface area contributed by atoms with Crippen LogP contribution in [0.3, 0.4) is 0 Å². The van der Waals surface area contributed by atoms with Crippen LogP contribution >= 0.6 is 0 Å². The van der Waals surface area contributed by atoms with E-state index in [0.717, 1.165) is 5.82 Å². The summed E-state index contributed by atoms with van der Waals surface area (Å²) in [6.45, 7) is 3.16. The molecular weight excluding hydrogens is 381 g/mol. The van der Waals surface area contributed by atoms with Crippen molar-refractivity contribution in [2.75, 3.05) is 0 Å². The van der Waals surface area contributed by atoms with Gasteiger partial charge in [0, 0.05) is 18.9 Å². The van der Waals surface area contributed by atoms with Crippen LogP contribution in [0.15, 0.2) is 83.7 Å². The molecule has 0 spiro atoms. The molecule has 1 amide bonds. The first kappa shape index (κ1) is 19.6. The van der Waals surface area contributed by atoms with E-state index in [1.807, 2.05) is 22.9 Å². The van der Waals surface area contributed by atoms with Gasteiger partial charge in [0.2, 0.25) is 0 Å². The Morgan fingerprint density at radius 1 is 1.07 bits per heavy atom. The second-order valence-corrected chi connectivity index (χ2v) is 7.12. The first-order chi connectivity index (χ1) is 14.6. The van der Waals surface area contributed by atoms with E-state index in [-0.39, 0.29) is 18.7 Å². The lowest BCUT2D eigenvalue weighted by Gasteiger charge is -2.22. The highest BCUT2D eigenvalue weighted by Crippen LogP contribution is 2.17. The van der Waals surface area contributed by atoms with Crippen LogP contribution in [0.1, 0.15) is 33.1 Å². The van der Waals surface area contributed by atoms with Crippen LogP contribution in [-0.2, 0) is 19.6 Å². The van der Waals surface area contributed by atoms with Crippen molar-refractivity contribution in [1.29, 1.82) is 0 Å². The second-order valence-electron chi connectivity index (χ2n) is 7.12. The third-order valence-corrected chi connectivity index (χ3v) is 5.05. The predicted octanol–water partition coefficient (Wildman–Crippen LogP) is 4.81. The molecule has 0 N–H and O–H groups in total. The molecule has 0 saturated heterocycles. The monoisotopic (exact) mass is 403 g/mol. The fourth-order valence-electron chi connectivity index (χ4n) is 3.37. The summed E-state index contributed by atoms with van der Waals surface area (Å²) in [7, 11) is 0. The van der Waals surface area contributed by atoms with Crippen molar-refractivity contribution in [1.82, 2.24) is 14.5 Å². The van der Waals surface area contributed by atoms with E-state index in [1.54, 1.807) is 41.6 Å². The van der Waals surface area contributed by atoms with Gasteiger partial charge in [-0.15, -0.1) is 0 Å². The third-order valence-electron chi connectivity index (χ3n) is 5.05. The number of rotatable bonds is 7. The molecule has 0 aliphatic carbocycles. The summed E-state index contributed by atoms with van der Waals surface area (Å²) in [5.74, 6) is 0.385. The fourth-order valence-corrected chi connectivity index (χ4v) is 3.37. The first-order valence-electron chi connectivity index (χ1n) is 9.72. The molecule has 4 aromatic rings. The van der Waals surface area contributed by atoms with Gasteiger partial charge in [0.15, 0.2) is 0 Å². The van der Waals surface area contributed by atoms with Crippen molar-refractivity contribution in [2.45, 2.75) is 26.6 Å². The highest BCUT2D eigenvalue weighted by atomic mass is 19.1. The highest BCUT2D eigenvalue weighted by molar-refractivity contribution is 5.94. The van der Waals surface area contributed by atoms with Gasteiger partial charge in [0.05, 0.1) is 24.9 Å². The number of amides is 1. The molecule has 0 fully saturated rings. The molecule has 0 aliphatic heterocycles. The number of hydrogen-bond acceptors (Lipinski definition) is 3. The SMILES string of the molecule is Cc1ccccc1Cn1ccnc1CN(Cc1ccco1)C(=O)c1ccccc1F. The summed E-state index contributed by atoms with van der Waals surface area (Å²) in [4.78, 5) is 19.2. The van der Waals surface area contributed by atoms with Crippen LogP contribution in [0, 0.1) is 12.7 Å². The number of furan rings is 1. The zero-order valence-electron chi connectivity index (χ0n) is 16.7. The Morgan fingerprint density at radius 2 is 1.87 bits per heavy atom. The molecule has 30 heavy (non-hydrogen) atoms. The molecule has 0 radical (unpaired) electrons. The zero-order chi connectivity index (χ0) is 20.9. The second kappa shape index (κ2) is 8.78. The van der Waals surface area contributed by atoms with Crippen LogP contribution < -0.4 is 0 Å². The Morgan fingerprint density at radius 3 is 2.63 bits per heavy atom. The van der Waals surface area contributed by atoms with E-state index >= 15 is 0 Å². The van der Waals surface area contributed by atoms with Gasteiger partial charge < -0.3 is 13.9 Å². The standard InChI is InChI=1S/C24H22FN3O2/c1-18-7-2-3-8-19(18)15-27-13-12-26-23(27)17-28(16-20-9-6-14-30-20)24(29)21-10-4-5-11-22(21)25/h2-14H,15-17H2,1H3. The quantitative estimate of drug-likeness (QED) is 0.445. The Labute approximate surface area is 174 Å². The number of carbonyl (C=O) groups is 1. The summed E-state index contributed by atoms with van der Waals surface area (Å²) < 4.78 is 21.7. The smallest absolute Gasteiger partial charge is 0.257 e. The Bertz CT molecular complexity index is 1130. The summed E-state index contributed by atoms with van der Waals surface area (Å²) in [5.41, 5.74) is 2.39. The summed E-state index contributed by atoms with van der Waals surface area (Å²) >= 11 is 0. The van der Waals surface area contributed by atoms with Gasteiger partial charge in [-0.25, -0.2) is 9.37 Å². The van der Waals surface area contributed by atoms with Crippen molar-refractivity contribution in [3.8, 4) is 0 Å². The molecule has 152 valence electrons. The Kier molecular flexibility index (Phi) is 5.75. The number of halogens is 1. The van der Waals surface area contributed by atoms with E-state index in [2.05, 4.69) is 24.0 Å². The summed E-state index contributed by atoms with van der Waals surface area (Å²) in [6, 6.07) is 17.7. The van der Waals surface area contributed by atoms with Crippen LogP contribution in [0.2, 0.25) is 0 Å². The third kappa shape index (κ3) is 4.33. The van der Waals surface area contributed by atoms with E-state index in [4.69, 9.17) is 4.42 Å². The zero-order valence-corrected chi connectivity index (χ0v) is 16.7. The molecular formula is C24H22FN3O2. The molecule has 2 aromatic heterocycles. The van der Waals surface area contributed by atoms with Crippen molar-refractivity contribution in [3.63, 3.8) is 0 Å². The molecule has 5 nitrogen and oxygen atoms in total. The highest BCUT2D eigenvalue weighted by Gasteiger charge is 2.22. The number of carbonyl (C=O) groups excluding carboxylic acids is 1. The molecule has 4 rings (SSSR count). The lowest BCUT2D eigenvalue weighted by atomic mass is 10.1.